The second-order valence-electron chi connectivity index (χ2n) is 8.53. The second kappa shape index (κ2) is 9.61. The number of carbonyl (C=O) groups excluding carboxylic acids is 1. The number of aromatic nitrogens is 1. The number of nitrogens with zero attached hydrogens (tertiary/aromatic N) is 3. The van der Waals surface area contributed by atoms with Crippen LogP contribution in [0.25, 0.3) is 11.3 Å². The standard InChI is InChI=1S/C25H29N3O4/c29-24(22-12-8-16-31-22)28(17-20-11-7-15-30-20)18-21-23(19-9-3-1-4-10-19)26-32-25(21)27-13-5-2-6-14-27/h1,3-4,8-10,12,16,20H,2,5-7,11,13-15,17-18H2. The van der Waals surface area contributed by atoms with E-state index in [1.54, 1.807) is 12.1 Å². The molecule has 0 saturated carbocycles. The van der Waals surface area contributed by atoms with E-state index >= 15 is 0 Å². The molecule has 1 amide bonds. The fourth-order valence-corrected chi connectivity index (χ4v) is 4.61. The van der Waals surface area contributed by atoms with Gasteiger partial charge in [-0.25, -0.2) is 0 Å². The molecule has 2 aromatic heterocycles. The van der Waals surface area contributed by atoms with E-state index in [-0.39, 0.29) is 12.0 Å². The Morgan fingerprint density at radius 2 is 1.91 bits per heavy atom. The van der Waals surface area contributed by atoms with E-state index in [9.17, 15) is 4.79 Å². The van der Waals surface area contributed by atoms with Crippen LogP contribution in [0, 0.1) is 0 Å². The van der Waals surface area contributed by atoms with Gasteiger partial charge in [0.25, 0.3) is 5.91 Å². The molecule has 1 aromatic carbocycles. The summed E-state index contributed by atoms with van der Waals surface area (Å²) >= 11 is 0. The molecule has 0 N–H and O–H groups in total. The van der Waals surface area contributed by atoms with Crippen LogP contribution in [0.15, 0.2) is 57.7 Å². The zero-order valence-electron chi connectivity index (χ0n) is 18.2. The summed E-state index contributed by atoms with van der Waals surface area (Å²) in [4.78, 5) is 17.5. The highest BCUT2D eigenvalue weighted by atomic mass is 16.5. The summed E-state index contributed by atoms with van der Waals surface area (Å²) in [5.41, 5.74) is 2.71. The average molecular weight is 436 g/mol. The lowest BCUT2D eigenvalue weighted by Gasteiger charge is -2.29. The quantitative estimate of drug-likeness (QED) is 0.533. The molecule has 1 unspecified atom stereocenters. The first-order chi connectivity index (χ1) is 15.8. The van der Waals surface area contributed by atoms with E-state index in [0.29, 0.717) is 18.8 Å². The Morgan fingerprint density at radius 1 is 1.06 bits per heavy atom. The van der Waals surface area contributed by atoms with Crippen molar-refractivity contribution in [3.63, 3.8) is 0 Å². The summed E-state index contributed by atoms with van der Waals surface area (Å²) in [6.07, 6.45) is 7.04. The topological polar surface area (TPSA) is 72.0 Å². The summed E-state index contributed by atoms with van der Waals surface area (Å²) in [7, 11) is 0. The molecule has 0 radical (unpaired) electrons. The Kier molecular flexibility index (Phi) is 6.25. The SMILES string of the molecule is O=C(c1ccco1)N(Cc1c(-c2ccccc2)noc1N1CCCCC1)CC1CCCO1. The molecule has 2 saturated heterocycles. The van der Waals surface area contributed by atoms with E-state index in [1.807, 2.05) is 35.2 Å². The molecule has 1 atom stereocenters. The van der Waals surface area contributed by atoms with Gasteiger partial charge in [0.1, 0.15) is 5.69 Å². The highest BCUT2D eigenvalue weighted by molar-refractivity contribution is 5.91. The van der Waals surface area contributed by atoms with Crippen molar-refractivity contribution in [2.24, 2.45) is 0 Å². The largest absolute Gasteiger partial charge is 0.459 e. The third kappa shape index (κ3) is 4.43. The summed E-state index contributed by atoms with van der Waals surface area (Å²) in [5, 5.41) is 4.46. The Labute approximate surface area is 187 Å². The van der Waals surface area contributed by atoms with Gasteiger partial charge in [-0.1, -0.05) is 35.5 Å². The van der Waals surface area contributed by atoms with Gasteiger partial charge in [0.2, 0.25) is 5.88 Å². The minimum absolute atomic E-state index is 0.0346. The van der Waals surface area contributed by atoms with Crippen LogP contribution >= 0.6 is 0 Å². The Balaban J connectivity index is 1.50. The number of ether oxygens (including phenoxy) is 1. The van der Waals surface area contributed by atoms with Crippen molar-refractivity contribution >= 4 is 11.8 Å². The van der Waals surface area contributed by atoms with E-state index in [2.05, 4.69) is 10.1 Å². The van der Waals surface area contributed by atoms with Gasteiger partial charge in [-0.15, -0.1) is 0 Å². The number of furan rings is 1. The smallest absolute Gasteiger partial charge is 0.289 e. The number of hydrogen-bond donors (Lipinski definition) is 0. The second-order valence-corrected chi connectivity index (χ2v) is 8.53. The molecule has 5 rings (SSSR count). The van der Waals surface area contributed by atoms with Gasteiger partial charge in [-0.3, -0.25) is 4.79 Å². The Bertz CT molecular complexity index is 1000. The van der Waals surface area contributed by atoms with Crippen molar-refractivity contribution in [2.75, 3.05) is 31.1 Å². The molecular formula is C25H29N3O4. The van der Waals surface area contributed by atoms with Gasteiger partial charge >= 0.3 is 0 Å². The first-order valence-electron chi connectivity index (χ1n) is 11.5. The van der Waals surface area contributed by atoms with Gasteiger partial charge in [0.15, 0.2) is 5.76 Å². The van der Waals surface area contributed by atoms with Crippen molar-refractivity contribution in [3.8, 4) is 11.3 Å². The zero-order chi connectivity index (χ0) is 21.8. The third-order valence-corrected chi connectivity index (χ3v) is 6.27. The number of carbonyl (C=O) groups is 1. The predicted octanol–water partition coefficient (Wildman–Crippen LogP) is 4.75. The van der Waals surface area contributed by atoms with Crippen molar-refractivity contribution < 1.29 is 18.5 Å². The van der Waals surface area contributed by atoms with Crippen LogP contribution in [0.2, 0.25) is 0 Å². The third-order valence-electron chi connectivity index (χ3n) is 6.27. The molecule has 32 heavy (non-hydrogen) atoms. The van der Waals surface area contributed by atoms with Gasteiger partial charge in [0.05, 0.1) is 24.5 Å². The van der Waals surface area contributed by atoms with Crippen LogP contribution in [-0.4, -0.2) is 48.3 Å². The van der Waals surface area contributed by atoms with Crippen molar-refractivity contribution in [1.29, 1.82) is 0 Å². The molecule has 7 nitrogen and oxygen atoms in total. The number of benzene rings is 1. The van der Waals surface area contributed by atoms with Crippen LogP contribution in [0.4, 0.5) is 5.88 Å². The molecule has 0 bridgehead atoms. The molecular weight excluding hydrogens is 406 g/mol. The van der Waals surface area contributed by atoms with Crippen molar-refractivity contribution in [3.05, 3.63) is 60.1 Å². The molecule has 168 valence electrons. The maximum absolute atomic E-state index is 13.4. The maximum Gasteiger partial charge on any atom is 0.289 e. The lowest BCUT2D eigenvalue weighted by atomic mass is 10.0. The number of anilines is 1. The van der Waals surface area contributed by atoms with E-state index in [1.165, 1.54) is 12.7 Å². The minimum Gasteiger partial charge on any atom is -0.459 e. The first-order valence-corrected chi connectivity index (χ1v) is 11.5. The number of hydrogen-bond acceptors (Lipinski definition) is 6. The van der Waals surface area contributed by atoms with Gasteiger partial charge < -0.3 is 23.5 Å². The van der Waals surface area contributed by atoms with Crippen LogP contribution < -0.4 is 4.90 Å². The van der Waals surface area contributed by atoms with Crippen LogP contribution in [0.3, 0.4) is 0 Å². The minimum atomic E-state index is -0.143. The molecule has 2 aliphatic heterocycles. The maximum atomic E-state index is 13.4. The summed E-state index contributed by atoms with van der Waals surface area (Å²) < 4.78 is 17.2. The number of piperidine rings is 1. The first kappa shape index (κ1) is 20.8. The van der Waals surface area contributed by atoms with Crippen molar-refractivity contribution in [2.45, 2.75) is 44.8 Å². The Morgan fingerprint density at radius 3 is 2.62 bits per heavy atom. The number of amides is 1. The fraction of sp³-hybridized carbons (Fsp3) is 0.440. The van der Waals surface area contributed by atoms with Crippen LogP contribution in [-0.2, 0) is 11.3 Å². The summed E-state index contributed by atoms with van der Waals surface area (Å²) in [5.74, 6) is 0.962. The predicted molar refractivity (Wildman–Crippen MR) is 120 cm³/mol. The van der Waals surface area contributed by atoms with Gasteiger partial charge in [-0.2, -0.15) is 0 Å². The van der Waals surface area contributed by atoms with Crippen LogP contribution in [0.5, 0.6) is 0 Å². The average Bonchev–Trinajstić information content (AvgIpc) is 3.61. The van der Waals surface area contributed by atoms with Crippen LogP contribution in [0.1, 0.15) is 48.2 Å². The summed E-state index contributed by atoms with van der Waals surface area (Å²) in [6.45, 7) is 3.52. The van der Waals surface area contributed by atoms with E-state index in [0.717, 1.165) is 68.1 Å². The molecule has 2 aliphatic rings. The molecule has 3 aromatic rings. The molecule has 4 heterocycles. The van der Waals surface area contributed by atoms with Crippen molar-refractivity contribution in [1.82, 2.24) is 10.1 Å². The molecule has 2 fully saturated rings. The highest BCUT2D eigenvalue weighted by Crippen LogP contribution is 2.34. The highest BCUT2D eigenvalue weighted by Gasteiger charge is 2.30. The molecule has 0 aliphatic carbocycles. The molecule has 0 spiro atoms. The lowest BCUT2D eigenvalue weighted by molar-refractivity contribution is 0.0484. The Hall–Kier alpha value is -3.06. The van der Waals surface area contributed by atoms with E-state index in [4.69, 9.17) is 13.7 Å². The lowest BCUT2D eigenvalue weighted by Crippen LogP contribution is -2.37. The van der Waals surface area contributed by atoms with E-state index < -0.39 is 0 Å². The zero-order valence-corrected chi connectivity index (χ0v) is 18.2. The normalized spacial score (nSPS) is 18.8. The van der Waals surface area contributed by atoms with Gasteiger partial charge in [-0.05, 0) is 44.2 Å². The summed E-state index contributed by atoms with van der Waals surface area (Å²) in [6, 6.07) is 13.5. The molecule has 7 heteroatoms. The monoisotopic (exact) mass is 435 g/mol. The number of rotatable bonds is 7. The fourth-order valence-electron chi connectivity index (χ4n) is 4.61. The van der Waals surface area contributed by atoms with Gasteiger partial charge in [0, 0.05) is 31.8 Å².